The summed E-state index contributed by atoms with van der Waals surface area (Å²) in [4.78, 5) is 2.56. The molecule has 0 N–H and O–H groups in total. The number of fused-ring (bicyclic) bond motifs is 2. The zero-order valence-corrected chi connectivity index (χ0v) is 11.5. The molecule has 0 saturated carbocycles. The van der Waals surface area contributed by atoms with Crippen molar-refractivity contribution >= 4 is 5.70 Å². The van der Waals surface area contributed by atoms with Gasteiger partial charge in [-0.3, -0.25) is 0 Å². The third-order valence-electron chi connectivity index (χ3n) is 4.35. The van der Waals surface area contributed by atoms with E-state index < -0.39 is 0 Å². The summed E-state index contributed by atoms with van der Waals surface area (Å²) in [5.74, 6) is 0.753. The summed E-state index contributed by atoms with van der Waals surface area (Å²) >= 11 is 0. The number of allylic oxidation sites excluding steroid dienone is 4. The molecule has 4 rings (SSSR count). The molecule has 19 heavy (non-hydrogen) atoms. The molecule has 1 heterocycles. The number of benzene rings is 1. The monoisotopic (exact) mass is 243 g/mol. The molecular formula is C17H18LiN. The van der Waals surface area contributed by atoms with E-state index in [0.717, 1.165) is 18.9 Å². The molecule has 2 heteroatoms. The first-order chi connectivity index (χ1) is 8.92. The Labute approximate surface area is 128 Å². The van der Waals surface area contributed by atoms with E-state index in [0.29, 0.717) is 0 Å². The van der Waals surface area contributed by atoms with E-state index in [1.807, 2.05) is 0 Å². The summed E-state index contributed by atoms with van der Waals surface area (Å²) in [6, 6.07) is 8.82. The third kappa shape index (κ3) is 2.12. The van der Waals surface area contributed by atoms with Crippen LogP contribution in [0.3, 0.4) is 0 Å². The minimum atomic E-state index is 0. The molecule has 0 radical (unpaired) electrons. The predicted molar refractivity (Wildman–Crippen MR) is 76.1 cm³/mol. The van der Waals surface area contributed by atoms with E-state index in [2.05, 4.69) is 53.5 Å². The van der Waals surface area contributed by atoms with Gasteiger partial charge in [-0.2, -0.15) is 0 Å². The van der Waals surface area contributed by atoms with Crippen molar-refractivity contribution in [3.8, 4) is 0 Å². The molecule has 3 aliphatic rings. The maximum atomic E-state index is 2.56. The minimum Gasteiger partial charge on any atom is -1.00 e. The molecule has 0 aromatic heterocycles. The Morgan fingerprint density at radius 1 is 1.21 bits per heavy atom. The van der Waals surface area contributed by atoms with E-state index in [4.69, 9.17) is 0 Å². The topological polar surface area (TPSA) is 3.24 Å². The van der Waals surface area contributed by atoms with Gasteiger partial charge >= 0.3 is 18.9 Å². The summed E-state index contributed by atoms with van der Waals surface area (Å²) in [6.45, 7) is 2.31. The van der Waals surface area contributed by atoms with Crippen LogP contribution in [0, 0.1) is 5.92 Å². The molecule has 1 fully saturated rings. The Bertz CT molecular complexity index is 588. The van der Waals surface area contributed by atoms with Crippen molar-refractivity contribution in [3.63, 3.8) is 0 Å². The van der Waals surface area contributed by atoms with Crippen LogP contribution in [0.15, 0.2) is 54.1 Å². The van der Waals surface area contributed by atoms with Gasteiger partial charge in [0.1, 0.15) is 0 Å². The molecule has 1 nitrogen and oxygen atoms in total. The van der Waals surface area contributed by atoms with Crippen molar-refractivity contribution in [2.75, 3.05) is 13.1 Å². The molecule has 1 saturated heterocycles. The number of rotatable bonds is 1. The molecule has 1 aromatic rings. The summed E-state index contributed by atoms with van der Waals surface area (Å²) in [5, 5.41) is 0. The van der Waals surface area contributed by atoms with Crippen molar-refractivity contribution in [1.29, 1.82) is 0 Å². The first-order valence-electron chi connectivity index (χ1n) is 6.81. The van der Waals surface area contributed by atoms with Crippen LogP contribution < -0.4 is 18.9 Å². The van der Waals surface area contributed by atoms with Crippen LogP contribution in [0.1, 0.15) is 19.0 Å². The van der Waals surface area contributed by atoms with E-state index >= 15 is 0 Å². The molecule has 1 atom stereocenters. The van der Waals surface area contributed by atoms with E-state index in [1.165, 1.54) is 29.8 Å². The van der Waals surface area contributed by atoms with Gasteiger partial charge in [-0.05, 0) is 24.0 Å². The molecular weight excluding hydrogens is 225 g/mol. The first kappa shape index (κ1) is 12.9. The largest absolute Gasteiger partial charge is 1.00 e. The van der Waals surface area contributed by atoms with Gasteiger partial charge < -0.3 is 6.33 Å². The smallest absolute Gasteiger partial charge is 1.00 e. The Balaban J connectivity index is 0.000000735. The Kier molecular flexibility index (Phi) is 3.43. The summed E-state index contributed by atoms with van der Waals surface area (Å²) in [6.07, 6.45) is 11.5. The third-order valence-corrected chi connectivity index (χ3v) is 4.35. The van der Waals surface area contributed by atoms with Gasteiger partial charge in [0.25, 0.3) is 0 Å². The van der Waals surface area contributed by atoms with Crippen LogP contribution in [0.4, 0.5) is 0 Å². The van der Waals surface area contributed by atoms with E-state index in [1.54, 1.807) is 5.57 Å². The second-order valence-corrected chi connectivity index (χ2v) is 5.43. The van der Waals surface area contributed by atoms with Gasteiger partial charge in [0.15, 0.2) is 0 Å². The fourth-order valence-electron chi connectivity index (χ4n) is 3.39. The SMILES string of the molecule is C1=CCC2CN(C3=CCc4ccccc43)CC2=C1.[H-].[Li+]. The van der Waals surface area contributed by atoms with Crippen molar-refractivity contribution in [3.05, 3.63) is 65.3 Å². The van der Waals surface area contributed by atoms with Crippen molar-refractivity contribution in [2.45, 2.75) is 12.8 Å². The normalized spacial score (nSPS) is 23.4. The number of nitrogens with zero attached hydrogens (tertiary/aromatic N) is 1. The molecule has 0 spiro atoms. The van der Waals surface area contributed by atoms with Crippen LogP contribution in [0.25, 0.3) is 5.70 Å². The fourth-order valence-corrected chi connectivity index (χ4v) is 3.39. The molecule has 2 aliphatic carbocycles. The predicted octanol–water partition coefficient (Wildman–Crippen LogP) is 0.518. The summed E-state index contributed by atoms with van der Waals surface area (Å²) in [5.41, 5.74) is 6.00. The number of likely N-dealkylation sites (tertiary alicyclic amines) is 1. The van der Waals surface area contributed by atoms with Crippen LogP contribution >= 0.6 is 0 Å². The first-order valence-corrected chi connectivity index (χ1v) is 6.81. The maximum absolute atomic E-state index is 2.56. The van der Waals surface area contributed by atoms with E-state index in [-0.39, 0.29) is 20.3 Å². The van der Waals surface area contributed by atoms with Gasteiger partial charge in [-0.15, -0.1) is 0 Å². The van der Waals surface area contributed by atoms with Gasteiger partial charge in [0.2, 0.25) is 0 Å². The molecule has 92 valence electrons. The second kappa shape index (κ2) is 5.08. The van der Waals surface area contributed by atoms with Crippen molar-refractivity contribution in [2.24, 2.45) is 5.92 Å². The van der Waals surface area contributed by atoms with E-state index in [9.17, 15) is 0 Å². The van der Waals surface area contributed by atoms with Gasteiger partial charge in [0.05, 0.1) is 0 Å². The Morgan fingerprint density at radius 2 is 2.11 bits per heavy atom. The van der Waals surface area contributed by atoms with Crippen LogP contribution in [-0.2, 0) is 6.42 Å². The van der Waals surface area contributed by atoms with Crippen molar-refractivity contribution < 1.29 is 20.3 Å². The molecule has 1 unspecified atom stereocenters. The maximum Gasteiger partial charge on any atom is 1.00 e. The zero-order valence-electron chi connectivity index (χ0n) is 12.5. The average Bonchev–Trinajstić information content (AvgIpc) is 3.02. The Hall–Kier alpha value is -1.16. The standard InChI is InChI=1S/C17H17N.Li.H/c1-2-7-15-12-18(11-14(15)6-1)17-10-9-13-5-3-4-8-16(13)17;;/h1-6,8,10,15H,7,9,11-12H2;;/q;+1;-1. The quantitative estimate of drug-likeness (QED) is 0.650. The summed E-state index contributed by atoms with van der Waals surface area (Å²) < 4.78 is 0. The van der Waals surface area contributed by atoms with Crippen LogP contribution in [-0.4, -0.2) is 18.0 Å². The van der Waals surface area contributed by atoms with Crippen molar-refractivity contribution in [1.82, 2.24) is 4.90 Å². The Morgan fingerprint density at radius 3 is 3.00 bits per heavy atom. The molecule has 0 bridgehead atoms. The summed E-state index contributed by atoms with van der Waals surface area (Å²) in [7, 11) is 0. The second-order valence-electron chi connectivity index (χ2n) is 5.43. The fraction of sp³-hybridized carbons (Fsp3) is 0.294. The molecule has 0 amide bonds. The van der Waals surface area contributed by atoms with Crippen LogP contribution in [0.2, 0.25) is 0 Å². The number of hydrogen-bond acceptors (Lipinski definition) is 1. The molecule has 1 aromatic carbocycles. The zero-order chi connectivity index (χ0) is 11.9. The van der Waals surface area contributed by atoms with Gasteiger partial charge in [0, 0.05) is 30.3 Å². The van der Waals surface area contributed by atoms with Gasteiger partial charge in [-0.25, -0.2) is 0 Å². The van der Waals surface area contributed by atoms with Gasteiger partial charge in [-0.1, -0.05) is 48.6 Å². The van der Waals surface area contributed by atoms with Crippen LogP contribution in [0.5, 0.6) is 0 Å². The average molecular weight is 243 g/mol. The minimum absolute atomic E-state index is 0. The molecule has 1 aliphatic heterocycles. The number of hydrogen-bond donors (Lipinski definition) is 0.